The first-order valence-electron chi connectivity index (χ1n) is 21.3. The lowest BCUT2D eigenvalue weighted by Gasteiger charge is -2.37. The van der Waals surface area contributed by atoms with Crippen molar-refractivity contribution in [1.29, 1.82) is 0 Å². The first kappa shape index (κ1) is 46.2. The number of fused-ring (bicyclic) bond motifs is 3. The van der Waals surface area contributed by atoms with Crippen LogP contribution in [0.1, 0.15) is 53.3 Å². The minimum Gasteiger partial charge on any atom is -0.468 e. The molecular weight excluding hydrogens is 859 g/mol. The van der Waals surface area contributed by atoms with E-state index in [9.17, 15) is 24.0 Å². The summed E-state index contributed by atoms with van der Waals surface area (Å²) in [5, 5.41) is 12.9. The number of ether oxygens (including phenoxy) is 2. The van der Waals surface area contributed by atoms with Gasteiger partial charge in [-0.25, -0.2) is 9.78 Å². The van der Waals surface area contributed by atoms with Crippen molar-refractivity contribution in [3.05, 3.63) is 184 Å². The van der Waals surface area contributed by atoms with E-state index < -0.39 is 65.1 Å². The number of rotatable bonds is 19. The number of methoxy groups -OCH3 is 1. The smallest absolute Gasteiger partial charge is 0.407 e. The van der Waals surface area contributed by atoms with Crippen molar-refractivity contribution in [2.75, 3.05) is 26.0 Å². The SMILES string of the molecule is COC(=O)CNC(=O)C(NC(=O)C(CSC(c1ccccc1)(c1ccccc1)c1ccccc1)NC(=O)C(Cc1cscn1)NC(=O)OCC1c2ccccc2-c2ccccc21)C(C)C. The predicted molar refractivity (Wildman–Crippen MR) is 253 cm³/mol. The van der Waals surface area contributed by atoms with Gasteiger partial charge in [0.1, 0.15) is 31.3 Å². The van der Waals surface area contributed by atoms with Crippen LogP contribution >= 0.6 is 23.1 Å². The standard InChI is InChI=1S/C51H51N5O7S2/c1-33(2)46(49(60)52-28-45(57)62-3)56-48(59)44(31-65-51(34-17-7-4-8-18-34,35-19-9-5-10-20-35)36-21-11-6-12-22-36)54-47(58)43(27-37-30-64-32-53-37)55-50(61)63-29-42-40-25-15-13-23-38(40)39-24-14-16-26-41(39)42/h4-26,30,32-33,42-44,46H,27-29,31H2,1-3H3,(H,52,60)(H,54,58)(H,55,61)(H,56,59). The van der Waals surface area contributed by atoms with Crippen LogP contribution in [0.2, 0.25) is 0 Å². The van der Waals surface area contributed by atoms with Gasteiger partial charge in [-0.2, -0.15) is 0 Å². The third-order valence-electron chi connectivity index (χ3n) is 11.4. The first-order valence-corrected chi connectivity index (χ1v) is 23.3. The number of benzene rings is 5. The maximum Gasteiger partial charge on any atom is 0.407 e. The van der Waals surface area contributed by atoms with Gasteiger partial charge in [-0.1, -0.05) is 153 Å². The lowest BCUT2D eigenvalue weighted by molar-refractivity contribution is -0.141. The molecule has 0 radical (unpaired) electrons. The Morgan fingerprint density at radius 2 is 1.20 bits per heavy atom. The van der Waals surface area contributed by atoms with Crippen LogP contribution in [0, 0.1) is 5.92 Å². The number of nitrogens with one attached hydrogen (secondary N) is 4. The minimum atomic E-state index is -1.25. The van der Waals surface area contributed by atoms with Crippen LogP contribution in [0.5, 0.6) is 0 Å². The predicted octanol–water partition coefficient (Wildman–Crippen LogP) is 7.23. The van der Waals surface area contributed by atoms with E-state index in [1.807, 2.05) is 127 Å². The Hall–Kier alpha value is -6.77. The molecular formula is C51H51N5O7S2. The van der Waals surface area contributed by atoms with Gasteiger partial charge in [-0.05, 0) is 44.9 Å². The minimum absolute atomic E-state index is 0.00749. The van der Waals surface area contributed by atoms with Gasteiger partial charge < -0.3 is 30.7 Å². The molecule has 12 nitrogen and oxygen atoms in total. The molecule has 1 aliphatic rings. The summed E-state index contributed by atoms with van der Waals surface area (Å²) in [6, 6.07) is 42.2. The highest BCUT2D eigenvalue weighted by Crippen LogP contribution is 2.49. The van der Waals surface area contributed by atoms with Crippen LogP contribution in [-0.4, -0.2) is 78.9 Å². The van der Waals surface area contributed by atoms with E-state index in [2.05, 4.69) is 38.4 Å². The zero-order valence-corrected chi connectivity index (χ0v) is 37.9. The molecule has 4 N–H and O–H groups in total. The highest BCUT2D eigenvalue weighted by atomic mass is 32.2. The molecule has 4 amide bonds. The zero-order valence-electron chi connectivity index (χ0n) is 36.3. The van der Waals surface area contributed by atoms with Crippen molar-refractivity contribution in [2.24, 2.45) is 5.92 Å². The van der Waals surface area contributed by atoms with Gasteiger partial charge in [0.15, 0.2) is 0 Å². The number of hydrogen-bond donors (Lipinski definition) is 4. The van der Waals surface area contributed by atoms with E-state index in [1.165, 1.54) is 30.2 Å². The number of nitrogens with zero attached hydrogens (tertiary/aromatic N) is 1. The van der Waals surface area contributed by atoms with Crippen molar-refractivity contribution < 1.29 is 33.4 Å². The number of esters is 1. The van der Waals surface area contributed by atoms with Gasteiger partial charge in [0, 0.05) is 23.5 Å². The number of alkyl carbamates (subject to hydrolysis) is 1. The molecule has 1 aromatic heterocycles. The second-order valence-corrected chi connectivity index (χ2v) is 17.8. The second-order valence-electron chi connectivity index (χ2n) is 15.9. The highest BCUT2D eigenvalue weighted by molar-refractivity contribution is 8.00. The topological polar surface area (TPSA) is 165 Å². The fourth-order valence-corrected chi connectivity index (χ4v) is 10.2. The summed E-state index contributed by atoms with van der Waals surface area (Å²) in [5.74, 6) is -3.15. The van der Waals surface area contributed by atoms with Gasteiger partial charge in [0.2, 0.25) is 17.7 Å². The molecule has 0 bridgehead atoms. The molecule has 6 aromatic rings. The van der Waals surface area contributed by atoms with Crippen molar-refractivity contribution in [3.63, 3.8) is 0 Å². The molecule has 0 saturated carbocycles. The summed E-state index contributed by atoms with van der Waals surface area (Å²) < 4.78 is 9.70. The summed E-state index contributed by atoms with van der Waals surface area (Å²) >= 11 is 2.80. The van der Waals surface area contributed by atoms with Crippen molar-refractivity contribution >= 4 is 52.9 Å². The Kier molecular flexibility index (Phi) is 15.5. The molecule has 1 aliphatic carbocycles. The van der Waals surface area contributed by atoms with E-state index in [4.69, 9.17) is 9.47 Å². The number of amides is 4. The largest absolute Gasteiger partial charge is 0.468 e. The quantitative estimate of drug-likeness (QED) is 0.0485. The summed E-state index contributed by atoms with van der Waals surface area (Å²) in [6.07, 6.45) is -0.802. The van der Waals surface area contributed by atoms with E-state index in [0.717, 1.165) is 38.9 Å². The molecule has 3 atom stereocenters. The van der Waals surface area contributed by atoms with Crippen LogP contribution in [-0.2, 0) is 39.8 Å². The number of thioether (sulfide) groups is 1. The van der Waals surface area contributed by atoms with Crippen LogP contribution in [0.15, 0.2) is 150 Å². The van der Waals surface area contributed by atoms with E-state index in [-0.39, 0.29) is 24.7 Å². The fraction of sp³-hybridized carbons (Fsp3) is 0.255. The number of carbonyl (C=O) groups is 5. The van der Waals surface area contributed by atoms with E-state index in [0.29, 0.717) is 5.69 Å². The van der Waals surface area contributed by atoms with Crippen molar-refractivity contribution in [1.82, 2.24) is 26.3 Å². The van der Waals surface area contributed by atoms with Gasteiger partial charge in [0.25, 0.3) is 0 Å². The Morgan fingerprint density at radius 3 is 1.71 bits per heavy atom. The molecule has 0 fully saturated rings. The number of hydrogen-bond acceptors (Lipinski definition) is 10. The summed E-state index contributed by atoms with van der Waals surface area (Å²) in [5.41, 5.74) is 9.26. The van der Waals surface area contributed by atoms with Gasteiger partial charge >= 0.3 is 12.1 Å². The van der Waals surface area contributed by atoms with E-state index >= 15 is 0 Å². The Balaban J connectivity index is 1.19. The molecule has 3 unspecified atom stereocenters. The fourth-order valence-electron chi connectivity index (χ4n) is 8.10. The number of aromatic nitrogens is 1. The summed E-state index contributed by atoms with van der Waals surface area (Å²) in [6.45, 7) is 3.16. The molecule has 0 spiro atoms. The van der Waals surface area contributed by atoms with Crippen LogP contribution in [0.4, 0.5) is 4.79 Å². The number of carbonyl (C=O) groups excluding carboxylic acids is 5. The lowest BCUT2D eigenvalue weighted by atomic mass is 9.84. The van der Waals surface area contributed by atoms with E-state index in [1.54, 1.807) is 24.7 Å². The van der Waals surface area contributed by atoms with Gasteiger partial charge in [-0.15, -0.1) is 23.1 Å². The van der Waals surface area contributed by atoms with Gasteiger partial charge in [0.05, 0.1) is 23.1 Å². The average molecular weight is 910 g/mol. The maximum atomic E-state index is 14.7. The zero-order chi connectivity index (χ0) is 45.8. The van der Waals surface area contributed by atoms with Crippen LogP contribution in [0.25, 0.3) is 11.1 Å². The molecule has 0 saturated heterocycles. The first-order chi connectivity index (χ1) is 31.6. The number of thiazole rings is 1. The Morgan fingerprint density at radius 1 is 0.677 bits per heavy atom. The third-order valence-corrected chi connectivity index (χ3v) is 13.6. The molecule has 5 aromatic carbocycles. The molecule has 334 valence electrons. The van der Waals surface area contributed by atoms with Crippen LogP contribution in [0.3, 0.4) is 0 Å². The Bertz CT molecular complexity index is 2420. The average Bonchev–Trinajstić information content (AvgIpc) is 3.98. The van der Waals surface area contributed by atoms with Crippen molar-refractivity contribution in [3.8, 4) is 11.1 Å². The molecule has 7 rings (SSSR count). The van der Waals surface area contributed by atoms with Crippen LogP contribution < -0.4 is 21.3 Å². The van der Waals surface area contributed by atoms with Crippen molar-refractivity contribution in [2.45, 2.75) is 49.1 Å². The maximum absolute atomic E-state index is 14.7. The lowest BCUT2D eigenvalue weighted by Crippen LogP contribution is -2.59. The summed E-state index contributed by atoms with van der Waals surface area (Å²) in [7, 11) is 1.21. The molecule has 65 heavy (non-hydrogen) atoms. The monoisotopic (exact) mass is 909 g/mol. The normalized spacial score (nSPS) is 13.4. The molecule has 1 heterocycles. The second kappa shape index (κ2) is 21.7. The van der Waals surface area contributed by atoms with Gasteiger partial charge in [-0.3, -0.25) is 19.2 Å². The molecule has 0 aliphatic heterocycles. The highest BCUT2D eigenvalue weighted by Gasteiger charge is 2.40. The Labute approximate surface area is 386 Å². The molecule has 14 heteroatoms. The third kappa shape index (κ3) is 11.0. The summed E-state index contributed by atoms with van der Waals surface area (Å²) in [4.78, 5) is 72.9.